The number of amides is 1. The van der Waals surface area contributed by atoms with Crippen molar-refractivity contribution in [3.63, 3.8) is 0 Å². The number of aromatic amines is 1. The van der Waals surface area contributed by atoms with Gasteiger partial charge in [0, 0.05) is 68.2 Å². The molecule has 0 bridgehead atoms. The summed E-state index contributed by atoms with van der Waals surface area (Å²) in [4.78, 5) is 26.0. The quantitative estimate of drug-likeness (QED) is 0.461. The molecule has 0 saturated carbocycles. The Kier molecular flexibility index (Phi) is 6.26. The molecule has 2 aromatic heterocycles. The van der Waals surface area contributed by atoms with Crippen LogP contribution in [-0.2, 0) is 0 Å². The van der Waals surface area contributed by atoms with Gasteiger partial charge in [0.2, 0.25) is 0 Å². The van der Waals surface area contributed by atoms with Crippen molar-refractivity contribution in [2.75, 3.05) is 52.2 Å². The van der Waals surface area contributed by atoms with E-state index in [2.05, 4.69) is 26.8 Å². The van der Waals surface area contributed by atoms with Crippen molar-refractivity contribution in [2.45, 2.75) is 6.42 Å². The van der Waals surface area contributed by atoms with Crippen LogP contribution in [0, 0.1) is 5.82 Å². The van der Waals surface area contributed by atoms with Crippen molar-refractivity contribution in [2.24, 2.45) is 0 Å². The summed E-state index contributed by atoms with van der Waals surface area (Å²) in [6.07, 6.45) is 4.72. The first-order valence-corrected chi connectivity index (χ1v) is 11.9. The van der Waals surface area contributed by atoms with E-state index in [9.17, 15) is 4.79 Å². The molecule has 7 heteroatoms. The smallest absolute Gasteiger partial charge is 0.253 e. The van der Waals surface area contributed by atoms with Crippen LogP contribution in [0.1, 0.15) is 16.8 Å². The van der Waals surface area contributed by atoms with E-state index in [1.165, 1.54) is 0 Å². The normalized spacial score (nSPS) is 14.8. The van der Waals surface area contributed by atoms with Gasteiger partial charge >= 0.3 is 0 Å². The molecule has 1 fully saturated rings. The highest BCUT2D eigenvalue weighted by atomic mass is 19.1. The Morgan fingerprint density at radius 1 is 0.971 bits per heavy atom. The third-order valence-corrected chi connectivity index (χ3v) is 6.72. The number of rotatable bonds is 4. The van der Waals surface area contributed by atoms with Crippen molar-refractivity contribution in [1.82, 2.24) is 19.8 Å². The van der Waals surface area contributed by atoms with Gasteiger partial charge in [0.05, 0.1) is 5.69 Å². The highest BCUT2D eigenvalue weighted by molar-refractivity contribution is 5.98. The second kappa shape index (κ2) is 9.50. The topological polar surface area (TPSA) is 55.5 Å². The Morgan fingerprint density at radius 2 is 1.74 bits per heavy atom. The average molecular weight is 472 g/mol. The predicted octanol–water partition coefficient (Wildman–Crippen LogP) is 4.88. The van der Waals surface area contributed by atoms with Crippen molar-refractivity contribution in [3.8, 4) is 22.3 Å². The van der Waals surface area contributed by atoms with Gasteiger partial charge < -0.3 is 19.7 Å². The fourth-order valence-corrected chi connectivity index (χ4v) is 4.68. The lowest BCUT2D eigenvalue weighted by atomic mass is 10.0. The Morgan fingerprint density at radius 3 is 2.49 bits per heavy atom. The SMILES string of the molecule is CN1CCCN(c2ccc(-c3cnc4[nH]cc(-c5ccc(C(=O)N(C)C)cc5)c4c3)cc2F)CC1. The molecule has 0 atom stereocenters. The zero-order chi connectivity index (χ0) is 24.5. The first-order chi connectivity index (χ1) is 16.9. The summed E-state index contributed by atoms with van der Waals surface area (Å²) in [6.45, 7) is 3.66. The molecule has 1 amide bonds. The standard InChI is InChI=1S/C28H30FN5O/c1-32(2)28(35)20-7-5-19(6-8-20)24-18-31-27-23(24)15-22(17-30-27)21-9-10-26(25(29)16-21)34-12-4-11-33(3)13-14-34/h5-10,15-18H,4,11-14H2,1-3H3,(H,30,31). The van der Waals surface area contributed by atoms with Crippen LogP contribution in [0.5, 0.6) is 0 Å². The number of hydrogen-bond donors (Lipinski definition) is 1. The van der Waals surface area contributed by atoms with Crippen LogP contribution in [0.15, 0.2) is 60.9 Å². The van der Waals surface area contributed by atoms with E-state index in [1.807, 2.05) is 48.7 Å². The molecule has 180 valence electrons. The largest absolute Gasteiger partial charge is 0.368 e. The molecule has 3 heterocycles. The van der Waals surface area contributed by atoms with Gasteiger partial charge in [0.1, 0.15) is 11.5 Å². The zero-order valence-electron chi connectivity index (χ0n) is 20.4. The van der Waals surface area contributed by atoms with E-state index in [-0.39, 0.29) is 11.7 Å². The molecule has 5 rings (SSSR count). The van der Waals surface area contributed by atoms with Gasteiger partial charge in [-0.05, 0) is 61.5 Å². The Bertz CT molecular complexity index is 1360. The summed E-state index contributed by atoms with van der Waals surface area (Å²) < 4.78 is 15.2. The Labute approximate surface area is 205 Å². The number of H-pyrrole nitrogens is 1. The summed E-state index contributed by atoms with van der Waals surface area (Å²) >= 11 is 0. The number of likely N-dealkylation sites (N-methyl/N-ethyl adjacent to an activating group) is 1. The first-order valence-electron chi connectivity index (χ1n) is 11.9. The lowest BCUT2D eigenvalue weighted by molar-refractivity contribution is 0.0827. The van der Waals surface area contributed by atoms with Gasteiger partial charge in [0.15, 0.2) is 0 Å². The van der Waals surface area contributed by atoms with Gasteiger partial charge in [0.25, 0.3) is 5.91 Å². The van der Waals surface area contributed by atoms with Gasteiger partial charge in [-0.15, -0.1) is 0 Å². The lowest BCUT2D eigenvalue weighted by Gasteiger charge is -2.23. The number of nitrogens with zero attached hydrogens (tertiary/aromatic N) is 4. The molecular formula is C28H30FN5O. The van der Waals surface area contributed by atoms with Crippen molar-refractivity contribution >= 4 is 22.6 Å². The summed E-state index contributed by atoms with van der Waals surface area (Å²) in [5.74, 6) is -0.236. The number of benzene rings is 2. The number of carbonyl (C=O) groups is 1. The number of aromatic nitrogens is 2. The monoisotopic (exact) mass is 471 g/mol. The van der Waals surface area contributed by atoms with E-state index < -0.39 is 0 Å². The minimum absolute atomic E-state index is 0.0305. The number of pyridine rings is 1. The Balaban J connectivity index is 1.45. The second-order valence-corrected chi connectivity index (χ2v) is 9.41. The summed E-state index contributed by atoms with van der Waals surface area (Å²) in [5, 5.41) is 0.953. The number of fused-ring (bicyclic) bond motifs is 1. The van der Waals surface area contributed by atoms with E-state index in [1.54, 1.807) is 31.3 Å². The number of hydrogen-bond acceptors (Lipinski definition) is 4. The van der Waals surface area contributed by atoms with Crippen LogP contribution < -0.4 is 4.90 Å². The molecular weight excluding hydrogens is 441 g/mol. The van der Waals surface area contributed by atoms with Crippen molar-refractivity contribution in [3.05, 3.63) is 72.3 Å². The fourth-order valence-electron chi connectivity index (χ4n) is 4.68. The third kappa shape index (κ3) is 4.64. The lowest BCUT2D eigenvalue weighted by Crippen LogP contribution is -2.29. The molecule has 1 aliphatic heterocycles. The summed E-state index contributed by atoms with van der Waals surface area (Å²) in [6, 6.07) is 15.1. The minimum atomic E-state index is -0.206. The highest BCUT2D eigenvalue weighted by Gasteiger charge is 2.17. The second-order valence-electron chi connectivity index (χ2n) is 9.41. The molecule has 2 aromatic carbocycles. The maximum atomic E-state index is 15.2. The van der Waals surface area contributed by atoms with Crippen LogP contribution in [0.2, 0.25) is 0 Å². The minimum Gasteiger partial charge on any atom is -0.368 e. The molecule has 4 aromatic rings. The fraction of sp³-hybridized carbons (Fsp3) is 0.286. The number of carbonyl (C=O) groups excluding carboxylic acids is 1. The van der Waals surface area contributed by atoms with Crippen LogP contribution >= 0.6 is 0 Å². The molecule has 0 unspecified atom stereocenters. The maximum Gasteiger partial charge on any atom is 0.253 e. The molecule has 1 N–H and O–H groups in total. The molecule has 0 radical (unpaired) electrons. The molecule has 35 heavy (non-hydrogen) atoms. The Hall–Kier alpha value is -3.71. The van der Waals surface area contributed by atoms with E-state index in [0.717, 1.165) is 65.9 Å². The van der Waals surface area contributed by atoms with E-state index >= 15 is 4.39 Å². The number of nitrogens with one attached hydrogen (secondary N) is 1. The predicted molar refractivity (Wildman–Crippen MR) is 139 cm³/mol. The van der Waals surface area contributed by atoms with E-state index in [0.29, 0.717) is 11.3 Å². The first kappa shape index (κ1) is 23.1. The number of halogens is 1. The van der Waals surface area contributed by atoms with Crippen LogP contribution in [-0.4, -0.2) is 73.0 Å². The maximum absolute atomic E-state index is 15.2. The van der Waals surface area contributed by atoms with Gasteiger partial charge in [-0.25, -0.2) is 9.37 Å². The van der Waals surface area contributed by atoms with Crippen LogP contribution in [0.25, 0.3) is 33.3 Å². The summed E-state index contributed by atoms with van der Waals surface area (Å²) in [5.41, 5.74) is 5.70. The van der Waals surface area contributed by atoms with Crippen LogP contribution in [0.4, 0.5) is 10.1 Å². The van der Waals surface area contributed by atoms with Crippen molar-refractivity contribution < 1.29 is 9.18 Å². The van der Waals surface area contributed by atoms with Crippen LogP contribution in [0.3, 0.4) is 0 Å². The molecule has 0 aliphatic carbocycles. The zero-order valence-corrected chi connectivity index (χ0v) is 20.4. The molecule has 6 nitrogen and oxygen atoms in total. The molecule has 0 spiro atoms. The summed E-state index contributed by atoms with van der Waals surface area (Å²) in [7, 11) is 5.59. The van der Waals surface area contributed by atoms with Crippen molar-refractivity contribution in [1.29, 1.82) is 0 Å². The van der Waals surface area contributed by atoms with Gasteiger partial charge in [-0.3, -0.25) is 4.79 Å². The highest BCUT2D eigenvalue weighted by Crippen LogP contribution is 2.33. The van der Waals surface area contributed by atoms with E-state index in [4.69, 9.17) is 0 Å². The van der Waals surface area contributed by atoms with Gasteiger partial charge in [-0.1, -0.05) is 18.2 Å². The molecule has 1 aliphatic rings. The number of anilines is 1. The average Bonchev–Trinajstić information content (AvgIpc) is 3.17. The molecule has 1 saturated heterocycles. The third-order valence-electron chi connectivity index (χ3n) is 6.72. The van der Waals surface area contributed by atoms with Gasteiger partial charge in [-0.2, -0.15) is 0 Å².